The van der Waals surface area contributed by atoms with Gasteiger partial charge in [0.1, 0.15) is 4.83 Å². The van der Waals surface area contributed by atoms with Crippen molar-refractivity contribution in [2.45, 2.75) is 25.0 Å². The molecule has 2 aromatic rings. The lowest BCUT2D eigenvalue weighted by atomic mass is 10.3. The van der Waals surface area contributed by atoms with Crippen molar-refractivity contribution in [2.75, 3.05) is 26.9 Å². The second-order valence-electron chi connectivity index (χ2n) is 4.64. The predicted octanol–water partition coefficient (Wildman–Crippen LogP) is 2.30. The molecule has 19 heavy (non-hydrogen) atoms. The van der Waals surface area contributed by atoms with Crippen molar-refractivity contribution >= 4 is 33.3 Å². The lowest BCUT2D eigenvalue weighted by molar-refractivity contribution is 0.371. The van der Waals surface area contributed by atoms with Gasteiger partial charge in [0.15, 0.2) is 5.16 Å². The first-order valence-electron chi connectivity index (χ1n) is 6.28. The summed E-state index contributed by atoms with van der Waals surface area (Å²) in [7, 11) is 4.02. The third-order valence-corrected chi connectivity index (χ3v) is 4.82. The van der Waals surface area contributed by atoms with Crippen LogP contribution in [0.4, 0.5) is 0 Å². The van der Waals surface area contributed by atoms with Gasteiger partial charge < -0.3 is 4.90 Å². The number of aromatic nitrogens is 2. The molecule has 0 atom stereocenters. The van der Waals surface area contributed by atoms with Crippen molar-refractivity contribution in [1.82, 2.24) is 14.5 Å². The molecular weight excluding hydrogens is 278 g/mol. The van der Waals surface area contributed by atoms with E-state index in [-0.39, 0.29) is 5.56 Å². The van der Waals surface area contributed by atoms with E-state index >= 15 is 0 Å². The van der Waals surface area contributed by atoms with Gasteiger partial charge in [-0.05, 0) is 32.8 Å². The summed E-state index contributed by atoms with van der Waals surface area (Å²) in [6, 6.07) is 1.99. The molecule has 2 heterocycles. The van der Waals surface area contributed by atoms with E-state index in [1.165, 1.54) is 16.6 Å². The van der Waals surface area contributed by atoms with E-state index in [0.29, 0.717) is 6.54 Å². The molecule has 0 fully saturated rings. The highest BCUT2D eigenvalue weighted by molar-refractivity contribution is 7.98. The summed E-state index contributed by atoms with van der Waals surface area (Å²) in [5.74, 6) is 0. The molecule has 0 spiro atoms. The van der Waals surface area contributed by atoms with Crippen molar-refractivity contribution < 1.29 is 0 Å². The quantitative estimate of drug-likeness (QED) is 0.627. The average Bonchev–Trinajstić information content (AvgIpc) is 2.80. The summed E-state index contributed by atoms with van der Waals surface area (Å²) < 4.78 is 1.79. The van der Waals surface area contributed by atoms with Gasteiger partial charge in [0.25, 0.3) is 5.56 Å². The van der Waals surface area contributed by atoms with Gasteiger partial charge in [0.2, 0.25) is 0 Å². The normalized spacial score (nSPS) is 11.6. The second-order valence-corrected chi connectivity index (χ2v) is 6.53. The Bertz CT molecular complexity index is 631. The Balaban J connectivity index is 2.54. The summed E-state index contributed by atoms with van der Waals surface area (Å²) in [6.07, 6.45) is 2.92. The standard InChI is InChI=1S/C13H19N3OS2/c1-5-9-8-10-11(19-9)14-13(18-4)16(12(10)17)7-6-15(2)3/h8H,5-7H2,1-4H3. The highest BCUT2D eigenvalue weighted by Gasteiger charge is 2.13. The van der Waals surface area contributed by atoms with Gasteiger partial charge in [-0.2, -0.15) is 0 Å². The Morgan fingerprint density at radius 1 is 1.47 bits per heavy atom. The largest absolute Gasteiger partial charge is 0.308 e. The number of fused-ring (bicyclic) bond motifs is 1. The number of hydrogen-bond acceptors (Lipinski definition) is 5. The molecule has 0 bridgehead atoms. The minimum Gasteiger partial charge on any atom is -0.308 e. The topological polar surface area (TPSA) is 38.1 Å². The van der Waals surface area contributed by atoms with E-state index < -0.39 is 0 Å². The van der Waals surface area contributed by atoms with Gasteiger partial charge in [0, 0.05) is 18.0 Å². The number of nitrogens with zero attached hydrogens (tertiary/aromatic N) is 3. The van der Waals surface area contributed by atoms with Gasteiger partial charge in [-0.1, -0.05) is 18.7 Å². The SMILES string of the molecule is CCc1cc2c(=O)n(CCN(C)C)c(SC)nc2s1. The second kappa shape index (κ2) is 6.07. The molecule has 2 rings (SSSR count). The van der Waals surface area contributed by atoms with Crippen LogP contribution in [0.5, 0.6) is 0 Å². The van der Waals surface area contributed by atoms with Crippen molar-refractivity contribution in [1.29, 1.82) is 0 Å². The third-order valence-electron chi connectivity index (χ3n) is 2.97. The van der Waals surface area contributed by atoms with Gasteiger partial charge in [-0.15, -0.1) is 11.3 Å². The average molecular weight is 297 g/mol. The number of aryl methyl sites for hydroxylation is 1. The fourth-order valence-corrected chi connectivity index (χ4v) is 3.47. The minimum absolute atomic E-state index is 0.0900. The van der Waals surface area contributed by atoms with Gasteiger partial charge in [0.05, 0.1) is 5.39 Å². The van der Waals surface area contributed by atoms with Crippen molar-refractivity contribution in [2.24, 2.45) is 0 Å². The zero-order valence-electron chi connectivity index (χ0n) is 11.8. The van der Waals surface area contributed by atoms with E-state index in [2.05, 4.69) is 16.8 Å². The van der Waals surface area contributed by atoms with Crippen LogP contribution < -0.4 is 5.56 Å². The first-order valence-corrected chi connectivity index (χ1v) is 8.33. The molecule has 0 unspecified atom stereocenters. The van der Waals surface area contributed by atoms with Crippen LogP contribution in [-0.4, -0.2) is 41.3 Å². The number of thiophene rings is 1. The van der Waals surface area contributed by atoms with E-state index in [1.807, 2.05) is 26.4 Å². The number of likely N-dealkylation sites (N-methyl/N-ethyl adjacent to an activating group) is 1. The molecule has 0 aliphatic heterocycles. The van der Waals surface area contributed by atoms with Crippen LogP contribution in [0.15, 0.2) is 16.0 Å². The number of hydrogen-bond donors (Lipinski definition) is 0. The zero-order chi connectivity index (χ0) is 14.0. The molecule has 0 radical (unpaired) electrons. The Labute approximate surface area is 121 Å². The molecule has 0 aliphatic carbocycles. The maximum absolute atomic E-state index is 12.5. The lowest BCUT2D eigenvalue weighted by Crippen LogP contribution is -2.28. The Morgan fingerprint density at radius 2 is 2.21 bits per heavy atom. The van der Waals surface area contributed by atoms with Crippen LogP contribution >= 0.6 is 23.1 Å². The Morgan fingerprint density at radius 3 is 2.79 bits per heavy atom. The highest BCUT2D eigenvalue weighted by atomic mass is 32.2. The van der Waals surface area contributed by atoms with Crippen molar-refractivity contribution in [3.05, 3.63) is 21.3 Å². The number of rotatable bonds is 5. The molecule has 0 aromatic carbocycles. The molecule has 0 aliphatic rings. The van der Waals surface area contributed by atoms with E-state index in [1.54, 1.807) is 15.9 Å². The lowest BCUT2D eigenvalue weighted by Gasteiger charge is -2.13. The van der Waals surface area contributed by atoms with Crippen LogP contribution in [-0.2, 0) is 13.0 Å². The molecule has 6 heteroatoms. The monoisotopic (exact) mass is 297 g/mol. The maximum atomic E-state index is 12.5. The maximum Gasteiger partial charge on any atom is 0.262 e. The first kappa shape index (κ1) is 14.6. The Hall–Kier alpha value is -0.850. The van der Waals surface area contributed by atoms with Crippen molar-refractivity contribution in [3.63, 3.8) is 0 Å². The van der Waals surface area contributed by atoms with Crippen LogP contribution in [0, 0.1) is 0 Å². The van der Waals surface area contributed by atoms with Gasteiger partial charge in [-0.3, -0.25) is 9.36 Å². The van der Waals surface area contributed by atoms with E-state index in [9.17, 15) is 4.79 Å². The molecule has 0 N–H and O–H groups in total. The van der Waals surface area contributed by atoms with Gasteiger partial charge >= 0.3 is 0 Å². The summed E-state index contributed by atoms with van der Waals surface area (Å²) in [6.45, 7) is 3.62. The van der Waals surface area contributed by atoms with E-state index in [0.717, 1.165) is 28.3 Å². The minimum atomic E-state index is 0.0900. The Kier molecular flexibility index (Phi) is 4.65. The summed E-state index contributed by atoms with van der Waals surface area (Å²) in [5, 5.41) is 1.57. The fraction of sp³-hybridized carbons (Fsp3) is 0.538. The molecule has 0 amide bonds. The third kappa shape index (κ3) is 3.01. The highest BCUT2D eigenvalue weighted by Crippen LogP contribution is 2.24. The molecule has 0 saturated carbocycles. The molecule has 4 nitrogen and oxygen atoms in total. The molecule has 0 saturated heterocycles. The van der Waals surface area contributed by atoms with Crippen molar-refractivity contribution in [3.8, 4) is 0 Å². The zero-order valence-corrected chi connectivity index (χ0v) is 13.4. The molecular formula is C13H19N3OS2. The van der Waals surface area contributed by atoms with Crippen LogP contribution in [0.25, 0.3) is 10.2 Å². The fourth-order valence-electron chi connectivity index (χ4n) is 1.87. The van der Waals surface area contributed by atoms with Crippen LogP contribution in [0.3, 0.4) is 0 Å². The van der Waals surface area contributed by atoms with Crippen LogP contribution in [0.2, 0.25) is 0 Å². The smallest absolute Gasteiger partial charge is 0.262 e. The molecule has 104 valence electrons. The summed E-state index contributed by atoms with van der Waals surface area (Å²) in [5.41, 5.74) is 0.0900. The van der Waals surface area contributed by atoms with Gasteiger partial charge in [-0.25, -0.2) is 4.98 Å². The first-order chi connectivity index (χ1) is 9.06. The van der Waals surface area contributed by atoms with Crippen LogP contribution in [0.1, 0.15) is 11.8 Å². The summed E-state index contributed by atoms with van der Waals surface area (Å²) in [4.78, 5) is 21.3. The van der Waals surface area contributed by atoms with E-state index in [4.69, 9.17) is 0 Å². The predicted molar refractivity (Wildman–Crippen MR) is 83.6 cm³/mol. The molecule has 2 aromatic heterocycles. The number of thioether (sulfide) groups is 1. The summed E-state index contributed by atoms with van der Waals surface area (Å²) >= 11 is 3.16.